The summed E-state index contributed by atoms with van der Waals surface area (Å²) >= 11 is 0. The Bertz CT molecular complexity index is 749. The second-order valence-corrected chi connectivity index (χ2v) is 10.1. The van der Waals surface area contributed by atoms with E-state index in [1.807, 2.05) is 25.7 Å². The van der Waals surface area contributed by atoms with Crippen LogP contribution in [0.1, 0.15) is 53.9 Å². The first-order valence-corrected chi connectivity index (χ1v) is 10.4. The molecule has 1 aliphatic rings. The van der Waals surface area contributed by atoms with Crippen LogP contribution in [0, 0.1) is 5.92 Å². The smallest absolute Gasteiger partial charge is 0.410 e. The van der Waals surface area contributed by atoms with Crippen LogP contribution in [0.2, 0.25) is 0 Å². The summed E-state index contributed by atoms with van der Waals surface area (Å²) in [6.45, 7) is 11.0. The number of likely N-dealkylation sites (tertiary alicyclic amines) is 1. The summed E-state index contributed by atoms with van der Waals surface area (Å²) in [5.41, 5.74) is -0.744. The SMILES string of the molecule is CC(C)(C)OC(=O)N1CC(CCCn2ccc(S(N)(=O)=O)n2)CC1(C)C. The lowest BCUT2D eigenvalue weighted by molar-refractivity contribution is 0.0131. The van der Waals surface area contributed by atoms with Crippen molar-refractivity contribution in [3.8, 4) is 0 Å². The fraction of sp³-hybridized carbons (Fsp3) is 0.765. The van der Waals surface area contributed by atoms with Crippen LogP contribution >= 0.6 is 0 Å². The topological polar surface area (TPSA) is 108 Å². The minimum Gasteiger partial charge on any atom is -0.444 e. The van der Waals surface area contributed by atoms with Gasteiger partial charge in [0, 0.05) is 24.8 Å². The predicted molar refractivity (Wildman–Crippen MR) is 98.0 cm³/mol. The number of sulfonamides is 1. The third-order valence-electron chi connectivity index (χ3n) is 4.48. The molecule has 0 saturated carbocycles. The van der Waals surface area contributed by atoms with Crippen LogP contribution in [-0.2, 0) is 21.3 Å². The summed E-state index contributed by atoms with van der Waals surface area (Å²) in [5.74, 6) is 0.380. The highest BCUT2D eigenvalue weighted by Gasteiger charge is 2.42. The number of rotatable bonds is 5. The molecule has 148 valence electrons. The second kappa shape index (κ2) is 7.19. The van der Waals surface area contributed by atoms with E-state index < -0.39 is 15.6 Å². The molecule has 0 aromatic carbocycles. The Morgan fingerprint density at radius 2 is 2.08 bits per heavy atom. The van der Waals surface area contributed by atoms with Crippen molar-refractivity contribution in [1.82, 2.24) is 14.7 Å². The zero-order chi connectivity index (χ0) is 19.8. The third kappa shape index (κ3) is 5.44. The Balaban J connectivity index is 1.87. The number of primary sulfonamides is 1. The molecule has 2 rings (SSSR count). The number of amides is 1. The summed E-state index contributed by atoms with van der Waals surface area (Å²) < 4.78 is 29.6. The van der Waals surface area contributed by atoms with Gasteiger partial charge in [0.15, 0.2) is 5.03 Å². The van der Waals surface area contributed by atoms with Gasteiger partial charge < -0.3 is 9.64 Å². The molecule has 0 spiro atoms. The molecule has 0 aliphatic carbocycles. The van der Waals surface area contributed by atoms with E-state index >= 15 is 0 Å². The van der Waals surface area contributed by atoms with Crippen LogP contribution in [0.3, 0.4) is 0 Å². The largest absolute Gasteiger partial charge is 0.444 e. The zero-order valence-corrected chi connectivity index (χ0v) is 17.0. The molecule has 1 atom stereocenters. The first kappa shape index (κ1) is 20.7. The van der Waals surface area contributed by atoms with Gasteiger partial charge in [0.05, 0.1) is 0 Å². The molecule has 2 N–H and O–H groups in total. The number of aryl methyl sites for hydroxylation is 1. The molecule has 1 aromatic heterocycles. The standard InChI is InChI=1S/C17H30N4O4S/c1-16(2,3)25-15(22)21-12-13(11-17(21,4)5)7-6-9-20-10-8-14(19-20)26(18,23)24/h8,10,13H,6-7,9,11-12H2,1-5H3,(H2,18,23,24). The number of carbonyl (C=O) groups is 1. The van der Waals surface area contributed by atoms with Gasteiger partial charge in [-0.1, -0.05) is 0 Å². The molecule has 2 heterocycles. The number of hydrogen-bond donors (Lipinski definition) is 1. The van der Waals surface area contributed by atoms with Crippen LogP contribution in [-0.4, -0.2) is 46.9 Å². The number of carbonyl (C=O) groups excluding carboxylic acids is 1. The van der Waals surface area contributed by atoms with Crippen molar-refractivity contribution in [1.29, 1.82) is 0 Å². The van der Waals surface area contributed by atoms with Crippen molar-refractivity contribution in [2.45, 2.75) is 76.6 Å². The monoisotopic (exact) mass is 386 g/mol. The maximum atomic E-state index is 12.4. The normalized spacial score (nSPS) is 20.4. The van der Waals surface area contributed by atoms with Crippen molar-refractivity contribution in [3.05, 3.63) is 12.3 Å². The van der Waals surface area contributed by atoms with Crippen molar-refractivity contribution < 1.29 is 17.9 Å². The molecule has 26 heavy (non-hydrogen) atoms. The lowest BCUT2D eigenvalue weighted by atomic mass is 9.93. The van der Waals surface area contributed by atoms with Crippen molar-refractivity contribution >= 4 is 16.1 Å². The number of nitrogens with two attached hydrogens (primary N) is 1. The van der Waals surface area contributed by atoms with Crippen LogP contribution in [0.4, 0.5) is 4.79 Å². The van der Waals surface area contributed by atoms with Crippen LogP contribution < -0.4 is 5.14 Å². The highest BCUT2D eigenvalue weighted by atomic mass is 32.2. The number of nitrogens with zero attached hydrogens (tertiary/aromatic N) is 3. The van der Waals surface area contributed by atoms with Gasteiger partial charge in [-0.05, 0) is 65.9 Å². The van der Waals surface area contributed by atoms with Gasteiger partial charge in [-0.15, -0.1) is 0 Å². The van der Waals surface area contributed by atoms with Crippen molar-refractivity contribution in [3.63, 3.8) is 0 Å². The van der Waals surface area contributed by atoms with Crippen LogP contribution in [0.5, 0.6) is 0 Å². The van der Waals surface area contributed by atoms with Crippen molar-refractivity contribution in [2.75, 3.05) is 6.54 Å². The molecule has 9 heteroatoms. The molecule has 1 aliphatic heterocycles. The first-order chi connectivity index (χ1) is 11.8. The van der Waals surface area contributed by atoms with Gasteiger partial charge in [0.2, 0.25) is 0 Å². The molecule has 1 aromatic rings. The Morgan fingerprint density at radius 1 is 1.42 bits per heavy atom. The van der Waals surface area contributed by atoms with E-state index in [2.05, 4.69) is 18.9 Å². The van der Waals surface area contributed by atoms with E-state index in [1.165, 1.54) is 6.07 Å². The molecule has 1 unspecified atom stereocenters. The molecular formula is C17H30N4O4S. The number of aromatic nitrogens is 2. The first-order valence-electron chi connectivity index (χ1n) is 8.85. The number of hydrogen-bond acceptors (Lipinski definition) is 5. The van der Waals surface area contributed by atoms with Crippen LogP contribution in [0.25, 0.3) is 0 Å². The van der Waals surface area contributed by atoms with Gasteiger partial charge >= 0.3 is 6.09 Å². The highest BCUT2D eigenvalue weighted by Crippen LogP contribution is 2.36. The lowest BCUT2D eigenvalue weighted by Gasteiger charge is -2.33. The third-order valence-corrected chi connectivity index (χ3v) is 5.28. The summed E-state index contributed by atoms with van der Waals surface area (Å²) in [7, 11) is -3.76. The molecule has 8 nitrogen and oxygen atoms in total. The van der Waals surface area contributed by atoms with E-state index in [-0.39, 0.29) is 16.7 Å². The van der Waals surface area contributed by atoms with Gasteiger partial charge in [0.25, 0.3) is 10.0 Å². The van der Waals surface area contributed by atoms with Gasteiger partial charge in [0.1, 0.15) is 5.60 Å². The summed E-state index contributed by atoms with van der Waals surface area (Å²) in [6.07, 6.45) is 4.02. The van der Waals surface area contributed by atoms with Gasteiger partial charge in [-0.25, -0.2) is 18.4 Å². The Kier molecular flexibility index (Phi) is 5.72. The lowest BCUT2D eigenvalue weighted by Crippen LogP contribution is -2.45. The summed E-state index contributed by atoms with van der Waals surface area (Å²) in [4.78, 5) is 14.3. The molecule has 0 radical (unpaired) electrons. The maximum absolute atomic E-state index is 12.4. The minimum atomic E-state index is -3.76. The van der Waals surface area contributed by atoms with Gasteiger partial charge in [-0.2, -0.15) is 5.10 Å². The summed E-state index contributed by atoms with van der Waals surface area (Å²) in [5, 5.41) is 8.92. The Hall–Kier alpha value is -1.61. The fourth-order valence-corrected chi connectivity index (χ4v) is 3.85. The average molecular weight is 387 g/mol. The highest BCUT2D eigenvalue weighted by molar-refractivity contribution is 7.89. The average Bonchev–Trinajstić information content (AvgIpc) is 3.01. The predicted octanol–water partition coefficient (Wildman–Crippen LogP) is 2.35. The van der Waals surface area contributed by atoms with Gasteiger partial charge in [-0.3, -0.25) is 4.68 Å². The quantitative estimate of drug-likeness (QED) is 0.836. The molecular weight excluding hydrogens is 356 g/mol. The fourth-order valence-electron chi connectivity index (χ4n) is 3.38. The van der Waals surface area contributed by atoms with Crippen molar-refractivity contribution in [2.24, 2.45) is 11.1 Å². The van der Waals surface area contributed by atoms with E-state index in [1.54, 1.807) is 10.9 Å². The molecule has 1 amide bonds. The zero-order valence-electron chi connectivity index (χ0n) is 16.2. The van der Waals surface area contributed by atoms with E-state index in [0.29, 0.717) is 19.0 Å². The Labute approximate surface area is 155 Å². The molecule has 0 bridgehead atoms. The number of ether oxygens (including phenoxy) is 1. The van der Waals surface area contributed by atoms with E-state index in [9.17, 15) is 13.2 Å². The Morgan fingerprint density at radius 3 is 2.62 bits per heavy atom. The minimum absolute atomic E-state index is 0.115. The summed E-state index contributed by atoms with van der Waals surface area (Å²) in [6, 6.07) is 1.40. The molecule has 1 fully saturated rings. The maximum Gasteiger partial charge on any atom is 0.410 e. The van der Waals surface area contributed by atoms with Crippen LogP contribution in [0.15, 0.2) is 17.3 Å². The molecule has 1 saturated heterocycles. The van der Waals surface area contributed by atoms with E-state index in [4.69, 9.17) is 9.88 Å². The second-order valence-electron chi connectivity index (χ2n) is 8.58. The van der Waals surface area contributed by atoms with E-state index in [0.717, 1.165) is 19.3 Å².